The van der Waals surface area contributed by atoms with Crippen molar-refractivity contribution in [2.75, 3.05) is 18.8 Å². The van der Waals surface area contributed by atoms with Crippen molar-refractivity contribution in [3.63, 3.8) is 0 Å². The number of thioether (sulfide) groups is 1. The topological polar surface area (TPSA) is 66.8 Å². The molecule has 0 unspecified atom stereocenters. The number of nitrogens with one attached hydrogen (secondary N) is 1. The molecule has 27 heavy (non-hydrogen) atoms. The van der Waals surface area contributed by atoms with E-state index in [9.17, 15) is 4.79 Å². The van der Waals surface area contributed by atoms with Gasteiger partial charge in [0.2, 0.25) is 0 Å². The molecule has 4 rings (SSSR count). The lowest BCUT2D eigenvalue weighted by atomic mass is 10.1. The minimum absolute atomic E-state index is 0.0604. The van der Waals surface area contributed by atoms with E-state index in [2.05, 4.69) is 36.8 Å². The van der Waals surface area contributed by atoms with E-state index in [1.54, 1.807) is 12.3 Å². The summed E-state index contributed by atoms with van der Waals surface area (Å²) in [6.07, 6.45) is 5.56. The number of hydrogen-bond acceptors (Lipinski definition) is 5. The second-order valence-corrected chi connectivity index (χ2v) is 7.64. The minimum atomic E-state index is 0.0604. The molecule has 1 aromatic carbocycles. The van der Waals surface area contributed by atoms with Crippen LogP contribution in [0.15, 0.2) is 53.8 Å². The van der Waals surface area contributed by atoms with Gasteiger partial charge in [-0.1, -0.05) is 36.4 Å². The molecule has 0 atom stereocenters. The monoisotopic (exact) mass is 381 g/mol. The van der Waals surface area contributed by atoms with Crippen molar-refractivity contribution in [3.8, 4) is 5.69 Å². The number of likely N-dealkylation sites (tertiary alicyclic amines) is 1. The van der Waals surface area contributed by atoms with Crippen LogP contribution in [0.1, 0.15) is 35.6 Å². The number of para-hydroxylation sites is 1. The molecular formula is C20H23N5OS. The zero-order valence-corrected chi connectivity index (χ0v) is 16.0. The molecule has 0 bridgehead atoms. The molecule has 1 saturated heterocycles. The first-order valence-corrected chi connectivity index (χ1v) is 10.3. The molecule has 1 fully saturated rings. The zero-order chi connectivity index (χ0) is 18.5. The van der Waals surface area contributed by atoms with E-state index in [1.165, 1.54) is 31.0 Å². The zero-order valence-electron chi connectivity index (χ0n) is 15.2. The maximum absolute atomic E-state index is 12.3. The van der Waals surface area contributed by atoms with E-state index in [4.69, 9.17) is 0 Å². The number of piperidine rings is 1. The average molecular weight is 382 g/mol. The lowest BCUT2D eigenvalue weighted by Gasteiger charge is -2.26. The van der Waals surface area contributed by atoms with Gasteiger partial charge in [-0.15, -0.1) is 10.2 Å². The second kappa shape index (κ2) is 8.54. The van der Waals surface area contributed by atoms with Gasteiger partial charge < -0.3 is 4.98 Å². The molecule has 3 heterocycles. The number of aromatic amines is 1. The van der Waals surface area contributed by atoms with Gasteiger partial charge in [-0.05, 0) is 50.2 Å². The number of rotatable bonds is 7. The maximum atomic E-state index is 12.3. The highest BCUT2D eigenvalue weighted by Gasteiger charge is 2.19. The lowest BCUT2D eigenvalue weighted by molar-refractivity contribution is 0.101. The van der Waals surface area contributed by atoms with Crippen LogP contribution in [0.25, 0.3) is 5.69 Å². The Balaban J connectivity index is 1.56. The summed E-state index contributed by atoms with van der Waals surface area (Å²) in [6.45, 7) is 3.00. The molecule has 140 valence electrons. The molecule has 1 N–H and O–H groups in total. The smallest absolute Gasteiger partial charge is 0.196 e. The molecule has 3 aromatic rings. The fraction of sp³-hybridized carbons (Fsp3) is 0.350. The van der Waals surface area contributed by atoms with E-state index < -0.39 is 0 Å². The normalized spacial score (nSPS) is 15.1. The first kappa shape index (κ1) is 18.0. The number of ketones is 1. The predicted octanol–water partition coefficient (Wildman–Crippen LogP) is 3.56. The number of carbonyl (C=O) groups is 1. The number of carbonyl (C=O) groups excluding carboxylic acids is 1. The third-order valence-electron chi connectivity index (χ3n) is 4.76. The Morgan fingerprint density at radius 3 is 2.59 bits per heavy atom. The first-order chi connectivity index (χ1) is 13.3. The van der Waals surface area contributed by atoms with Crippen LogP contribution in [-0.4, -0.2) is 49.3 Å². The van der Waals surface area contributed by atoms with E-state index >= 15 is 0 Å². The van der Waals surface area contributed by atoms with Crippen molar-refractivity contribution in [1.82, 2.24) is 24.6 Å². The highest BCUT2D eigenvalue weighted by molar-refractivity contribution is 7.99. The lowest BCUT2D eigenvalue weighted by Crippen LogP contribution is -2.30. The van der Waals surface area contributed by atoms with Crippen LogP contribution in [0.4, 0.5) is 0 Å². The van der Waals surface area contributed by atoms with Crippen LogP contribution in [-0.2, 0) is 6.54 Å². The van der Waals surface area contributed by atoms with Crippen molar-refractivity contribution in [2.45, 2.75) is 31.0 Å². The Morgan fingerprint density at radius 2 is 1.85 bits per heavy atom. The number of benzene rings is 1. The van der Waals surface area contributed by atoms with E-state index in [0.29, 0.717) is 11.4 Å². The van der Waals surface area contributed by atoms with Crippen molar-refractivity contribution in [1.29, 1.82) is 0 Å². The van der Waals surface area contributed by atoms with E-state index in [-0.39, 0.29) is 5.78 Å². The standard InChI is InChI=1S/C20H23N5OS/c26-18(17-10-7-11-21-17)15-27-20-23-22-19(14-24-12-5-2-6-13-24)25(20)16-8-3-1-4-9-16/h1,3-4,7-11,21H,2,5-6,12-15H2. The molecule has 1 aliphatic rings. The highest BCUT2D eigenvalue weighted by atomic mass is 32.2. The summed E-state index contributed by atoms with van der Waals surface area (Å²) in [5.41, 5.74) is 1.66. The minimum Gasteiger partial charge on any atom is -0.359 e. The van der Waals surface area contributed by atoms with E-state index in [0.717, 1.165) is 36.3 Å². The number of nitrogens with zero attached hydrogens (tertiary/aromatic N) is 4. The Kier molecular flexibility index (Phi) is 5.69. The average Bonchev–Trinajstić information content (AvgIpc) is 3.38. The van der Waals surface area contributed by atoms with Gasteiger partial charge in [-0.2, -0.15) is 0 Å². The van der Waals surface area contributed by atoms with Crippen molar-refractivity contribution >= 4 is 17.5 Å². The molecule has 0 spiro atoms. The summed E-state index contributed by atoms with van der Waals surface area (Å²) in [5.74, 6) is 1.32. The number of aromatic nitrogens is 4. The van der Waals surface area contributed by atoms with E-state index in [1.807, 2.05) is 24.3 Å². The number of Topliss-reactive ketones (excluding diaryl/α,β-unsaturated/α-hetero) is 1. The second-order valence-electron chi connectivity index (χ2n) is 6.70. The molecule has 7 heteroatoms. The van der Waals surface area contributed by atoms with Crippen molar-refractivity contribution in [2.24, 2.45) is 0 Å². The van der Waals surface area contributed by atoms with Gasteiger partial charge >= 0.3 is 0 Å². The van der Waals surface area contributed by atoms with Crippen LogP contribution in [0, 0.1) is 0 Å². The van der Waals surface area contributed by atoms with Gasteiger partial charge in [0.15, 0.2) is 16.8 Å². The fourth-order valence-electron chi connectivity index (χ4n) is 3.36. The van der Waals surface area contributed by atoms with Gasteiger partial charge in [0, 0.05) is 11.9 Å². The Hall–Kier alpha value is -2.38. The first-order valence-electron chi connectivity index (χ1n) is 9.33. The van der Waals surface area contributed by atoms with Crippen LogP contribution in [0.3, 0.4) is 0 Å². The summed E-state index contributed by atoms with van der Waals surface area (Å²) in [6, 6.07) is 13.8. The Labute approximate surface area is 163 Å². The summed E-state index contributed by atoms with van der Waals surface area (Å²) in [4.78, 5) is 17.7. The Bertz CT molecular complexity index is 869. The molecule has 0 radical (unpaired) electrons. The summed E-state index contributed by atoms with van der Waals surface area (Å²) < 4.78 is 2.08. The molecule has 1 aliphatic heterocycles. The maximum Gasteiger partial charge on any atom is 0.196 e. The van der Waals surface area contributed by atoms with Gasteiger partial charge in [0.1, 0.15) is 0 Å². The predicted molar refractivity (Wildman–Crippen MR) is 106 cm³/mol. The third-order valence-corrected chi connectivity index (χ3v) is 5.69. The van der Waals surface area contributed by atoms with Crippen LogP contribution >= 0.6 is 11.8 Å². The summed E-state index contributed by atoms with van der Waals surface area (Å²) in [5, 5.41) is 9.61. The van der Waals surface area contributed by atoms with Crippen molar-refractivity contribution < 1.29 is 4.79 Å². The molecule has 0 saturated carbocycles. The Morgan fingerprint density at radius 1 is 1.04 bits per heavy atom. The highest BCUT2D eigenvalue weighted by Crippen LogP contribution is 2.24. The number of H-pyrrole nitrogens is 1. The summed E-state index contributed by atoms with van der Waals surface area (Å²) in [7, 11) is 0. The van der Waals surface area contributed by atoms with Crippen LogP contribution < -0.4 is 0 Å². The van der Waals surface area contributed by atoms with Gasteiger partial charge in [0.05, 0.1) is 18.0 Å². The van der Waals surface area contributed by atoms with Crippen LogP contribution in [0.2, 0.25) is 0 Å². The van der Waals surface area contributed by atoms with Gasteiger partial charge in [0.25, 0.3) is 0 Å². The fourth-order valence-corrected chi connectivity index (χ4v) is 4.22. The molecular weight excluding hydrogens is 358 g/mol. The molecule has 0 aliphatic carbocycles. The van der Waals surface area contributed by atoms with Gasteiger partial charge in [-0.25, -0.2) is 0 Å². The quantitative estimate of drug-likeness (QED) is 0.501. The SMILES string of the molecule is O=C(CSc1nnc(CN2CCCCC2)n1-c1ccccc1)c1ccc[nH]1. The largest absolute Gasteiger partial charge is 0.359 e. The number of hydrogen-bond donors (Lipinski definition) is 1. The third kappa shape index (κ3) is 4.31. The van der Waals surface area contributed by atoms with Crippen molar-refractivity contribution in [3.05, 3.63) is 60.2 Å². The molecule has 2 aromatic heterocycles. The molecule has 6 nitrogen and oxygen atoms in total. The molecule has 0 amide bonds. The summed E-state index contributed by atoms with van der Waals surface area (Å²) >= 11 is 1.43. The van der Waals surface area contributed by atoms with Crippen LogP contribution in [0.5, 0.6) is 0 Å². The van der Waals surface area contributed by atoms with Gasteiger partial charge in [-0.3, -0.25) is 14.3 Å².